The molecule has 0 spiro atoms. The fourth-order valence-corrected chi connectivity index (χ4v) is 15.0. The zero-order chi connectivity index (χ0) is 30.9. The van der Waals surface area contributed by atoms with Crippen LogP contribution in [0.3, 0.4) is 0 Å². The van der Waals surface area contributed by atoms with Gasteiger partial charge in [-0.25, -0.2) is 0 Å². The molecule has 2 aromatic rings. The summed E-state index contributed by atoms with van der Waals surface area (Å²) < 4.78 is 70.9. The smallest absolute Gasteiger partial charge is 0.339 e. The monoisotopic (exact) mass is 650 g/mol. The Bertz CT molecular complexity index is 1740. The minimum atomic E-state index is -4.56. The first kappa shape index (κ1) is 29.3. The Morgan fingerprint density at radius 2 is 1.20 bits per heavy atom. The minimum Gasteiger partial charge on any atom is -0.378 e. The summed E-state index contributed by atoms with van der Waals surface area (Å²) in [6.07, 6.45) is 17.4. The van der Waals surface area contributed by atoms with Crippen molar-refractivity contribution in [2.75, 3.05) is 0 Å². The van der Waals surface area contributed by atoms with Crippen LogP contribution in [0.4, 0.5) is 0 Å². The van der Waals surface area contributed by atoms with Gasteiger partial charge in [0.15, 0.2) is 5.75 Å². The topological polar surface area (TPSA) is 97.7 Å². The van der Waals surface area contributed by atoms with Gasteiger partial charge >= 0.3 is 10.1 Å². The Morgan fingerprint density at radius 3 is 1.73 bits per heavy atom. The van der Waals surface area contributed by atoms with Crippen molar-refractivity contribution in [3.8, 4) is 5.75 Å². The molecule has 0 atom stereocenters. The molecule has 2 aromatic carbocycles. The van der Waals surface area contributed by atoms with Gasteiger partial charge in [-0.2, -0.15) is 16.8 Å². The second-order valence-corrected chi connectivity index (χ2v) is 19.7. The molecule has 9 aliphatic rings. The van der Waals surface area contributed by atoms with Crippen LogP contribution in [0.25, 0.3) is 0 Å². The molecule has 8 saturated carbocycles. The SMILES string of the molecule is Cc1c(S(=O)(=O)O)cc2c(c1OS(=O)(=O)c1cc(C34CC5CC(CC(C5)C3)C4)ccc1C13CC4CC(CC(C4)C1)C3)CCCC2. The van der Waals surface area contributed by atoms with Gasteiger partial charge in [-0.15, -0.1) is 0 Å². The lowest BCUT2D eigenvalue weighted by atomic mass is 9.47. The first-order valence-electron chi connectivity index (χ1n) is 17.6. The van der Waals surface area contributed by atoms with Crippen LogP contribution in [0.1, 0.15) is 118 Å². The molecule has 0 aromatic heterocycles. The van der Waals surface area contributed by atoms with E-state index in [1.165, 1.54) is 50.2 Å². The van der Waals surface area contributed by atoms with Crippen LogP contribution in [0.15, 0.2) is 34.1 Å². The van der Waals surface area contributed by atoms with Gasteiger partial charge < -0.3 is 4.18 Å². The van der Waals surface area contributed by atoms with E-state index in [1.807, 2.05) is 6.07 Å². The number of hydrogen-bond donors (Lipinski definition) is 1. The van der Waals surface area contributed by atoms with Crippen molar-refractivity contribution < 1.29 is 25.6 Å². The minimum absolute atomic E-state index is 0.0407. The van der Waals surface area contributed by atoms with Crippen LogP contribution >= 0.6 is 0 Å². The van der Waals surface area contributed by atoms with Crippen molar-refractivity contribution in [3.05, 3.63) is 52.1 Å². The van der Waals surface area contributed by atoms with E-state index in [4.69, 9.17) is 4.18 Å². The lowest BCUT2D eigenvalue weighted by molar-refractivity contribution is -0.00808. The molecule has 8 fully saturated rings. The van der Waals surface area contributed by atoms with Gasteiger partial charge in [0.1, 0.15) is 9.79 Å². The molecule has 0 radical (unpaired) electrons. The van der Waals surface area contributed by atoms with E-state index in [0.717, 1.165) is 85.8 Å². The molecule has 0 aliphatic heterocycles. The van der Waals surface area contributed by atoms with Gasteiger partial charge in [-0.1, -0.05) is 12.1 Å². The van der Waals surface area contributed by atoms with Gasteiger partial charge in [0.2, 0.25) is 0 Å². The Hall–Kier alpha value is -1.90. The molecule has 8 heteroatoms. The average Bonchev–Trinajstić information content (AvgIpc) is 2.96. The Morgan fingerprint density at radius 1 is 0.689 bits per heavy atom. The largest absolute Gasteiger partial charge is 0.378 e. The predicted octanol–water partition coefficient (Wildman–Crippen LogP) is 7.82. The van der Waals surface area contributed by atoms with Gasteiger partial charge in [-0.3, -0.25) is 4.55 Å². The maximum Gasteiger partial charge on any atom is 0.339 e. The van der Waals surface area contributed by atoms with Gasteiger partial charge in [0.25, 0.3) is 10.1 Å². The first-order chi connectivity index (χ1) is 21.4. The van der Waals surface area contributed by atoms with E-state index in [1.54, 1.807) is 6.92 Å². The zero-order valence-corrected chi connectivity index (χ0v) is 28.0. The highest BCUT2D eigenvalue weighted by atomic mass is 32.2. The highest BCUT2D eigenvalue weighted by molar-refractivity contribution is 7.87. The molecule has 0 heterocycles. The third kappa shape index (κ3) is 4.62. The fraction of sp³-hybridized carbons (Fsp3) is 0.676. The summed E-state index contributed by atoms with van der Waals surface area (Å²) in [4.78, 5) is 0.0656. The second-order valence-electron chi connectivity index (χ2n) is 16.8. The van der Waals surface area contributed by atoms with E-state index in [0.29, 0.717) is 35.5 Å². The van der Waals surface area contributed by atoms with E-state index in [9.17, 15) is 21.4 Å². The number of hydrogen-bond acceptors (Lipinski definition) is 5. The maximum atomic E-state index is 14.9. The molecule has 8 bridgehead atoms. The average molecular weight is 651 g/mol. The lowest BCUT2D eigenvalue weighted by Crippen LogP contribution is -2.50. The number of rotatable bonds is 6. The predicted molar refractivity (Wildman–Crippen MR) is 172 cm³/mol. The molecule has 1 N–H and O–H groups in total. The van der Waals surface area contributed by atoms with Crippen molar-refractivity contribution >= 4 is 20.2 Å². The summed E-state index contributed by atoms with van der Waals surface area (Å²) in [7, 11) is -8.88. The van der Waals surface area contributed by atoms with Gasteiger partial charge in [-0.05, 0) is 190 Å². The molecule has 11 rings (SSSR count). The standard InChI is InChI=1S/C37H46O6S2/c1-22-33(44(38,39)40)14-29-4-2-3-5-31(29)35(22)43-45(41,42)34-15-30(36-16-23-8-24(17-36)10-25(9-23)18-36)6-7-32(34)37-19-26-11-27(20-37)13-28(12-26)21-37/h6-7,14-15,23-28H,2-5,8-13,16-21H2,1H3,(H,38,39,40). The Labute approximate surface area is 268 Å². The second kappa shape index (κ2) is 9.82. The van der Waals surface area contributed by atoms with E-state index in [2.05, 4.69) is 12.1 Å². The summed E-state index contributed by atoms with van der Waals surface area (Å²) >= 11 is 0. The normalized spacial score (nSPS) is 38.0. The van der Waals surface area contributed by atoms with Crippen molar-refractivity contribution in [1.82, 2.24) is 0 Å². The van der Waals surface area contributed by atoms with E-state index >= 15 is 0 Å². The van der Waals surface area contributed by atoms with Gasteiger partial charge in [0, 0.05) is 5.56 Å². The van der Waals surface area contributed by atoms with Crippen molar-refractivity contribution in [1.29, 1.82) is 0 Å². The summed E-state index contributed by atoms with van der Waals surface area (Å²) in [6, 6.07) is 8.03. The van der Waals surface area contributed by atoms with Crippen LogP contribution in [0, 0.1) is 42.4 Å². The molecule has 0 unspecified atom stereocenters. The van der Waals surface area contributed by atoms with Crippen molar-refractivity contribution in [3.63, 3.8) is 0 Å². The summed E-state index contributed by atoms with van der Waals surface area (Å²) in [5, 5.41) is 0. The van der Waals surface area contributed by atoms with Crippen LogP contribution in [-0.2, 0) is 43.9 Å². The number of fused-ring (bicyclic) bond motifs is 1. The Balaban J connectivity index is 1.20. The van der Waals surface area contributed by atoms with Crippen LogP contribution in [-0.4, -0.2) is 21.4 Å². The first-order valence-corrected chi connectivity index (χ1v) is 20.5. The molecule has 45 heavy (non-hydrogen) atoms. The van der Waals surface area contributed by atoms with Crippen LogP contribution in [0.2, 0.25) is 0 Å². The quantitative estimate of drug-likeness (QED) is 0.253. The third-order valence-corrected chi connectivity index (χ3v) is 16.0. The molecular weight excluding hydrogens is 605 g/mol. The third-order valence-electron chi connectivity index (χ3n) is 13.8. The lowest BCUT2D eigenvalue weighted by Gasteiger charge is -2.58. The number of aryl methyl sites for hydroxylation is 1. The molecule has 9 aliphatic carbocycles. The van der Waals surface area contributed by atoms with E-state index < -0.39 is 20.2 Å². The van der Waals surface area contributed by atoms with Crippen molar-refractivity contribution in [2.45, 2.75) is 130 Å². The maximum absolute atomic E-state index is 14.9. The molecule has 242 valence electrons. The summed E-state index contributed by atoms with van der Waals surface area (Å²) in [5.74, 6) is 4.33. The highest BCUT2D eigenvalue weighted by Gasteiger charge is 2.55. The van der Waals surface area contributed by atoms with Crippen LogP contribution < -0.4 is 4.18 Å². The van der Waals surface area contributed by atoms with Gasteiger partial charge in [0.05, 0.1) is 0 Å². The molecule has 0 amide bonds. The molecular formula is C37H46O6S2. The summed E-state index contributed by atoms with van der Waals surface area (Å²) in [6.45, 7) is 1.56. The van der Waals surface area contributed by atoms with Crippen LogP contribution in [0.5, 0.6) is 5.75 Å². The summed E-state index contributed by atoms with van der Waals surface area (Å²) in [5.41, 5.74) is 3.70. The van der Waals surface area contributed by atoms with Crippen molar-refractivity contribution in [2.24, 2.45) is 35.5 Å². The molecule has 0 saturated heterocycles. The molecule has 6 nitrogen and oxygen atoms in total. The Kier molecular flexibility index (Phi) is 6.38. The van der Waals surface area contributed by atoms with E-state index in [-0.39, 0.29) is 27.0 Å². The fourth-order valence-electron chi connectivity index (χ4n) is 12.9. The highest BCUT2D eigenvalue weighted by Crippen LogP contribution is 2.63. The number of benzene rings is 2. The zero-order valence-electron chi connectivity index (χ0n) is 26.4.